The fourth-order valence-corrected chi connectivity index (χ4v) is 2.07. The van der Waals surface area contributed by atoms with Crippen LogP contribution in [0.25, 0.3) is 0 Å². The molecule has 0 amide bonds. The third-order valence-corrected chi connectivity index (χ3v) is 3.67. The third kappa shape index (κ3) is 4.17. The Morgan fingerprint density at radius 2 is 2.20 bits per heavy atom. The number of ether oxygens (including phenoxy) is 1. The molecule has 1 unspecified atom stereocenters. The van der Waals surface area contributed by atoms with Crippen molar-refractivity contribution in [1.82, 2.24) is 9.97 Å². The maximum Gasteiger partial charge on any atom is 0.320 e. The number of thioether (sulfide) groups is 1. The summed E-state index contributed by atoms with van der Waals surface area (Å²) in [5.74, 6) is 0.269. The first kappa shape index (κ1) is 12.4. The first-order valence-corrected chi connectivity index (χ1v) is 6.17. The van der Waals surface area contributed by atoms with Crippen molar-refractivity contribution in [2.24, 2.45) is 0 Å². The molecule has 0 aliphatic heterocycles. The van der Waals surface area contributed by atoms with Crippen molar-refractivity contribution >= 4 is 33.7 Å². The number of methoxy groups -OCH3 is 1. The van der Waals surface area contributed by atoms with Crippen molar-refractivity contribution in [3.63, 3.8) is 0 Å². The number of alkyl halides is 1. The van der Waals surface area contributed by atoms with E-state index in [1.807, 2.05) is 6.92 Å². The van der Waals surface area contributed by atoms with Crippen LogP contribution in [0.2, 0.25) is 0 Å². The van der Waals surface area contributed by atoms with Gasteiger partial charge in [0.05, 0.1) is 7.11 Å². The Kier molecular flexibility index (Phi) is 5.04. The van der Waals surface area contributed by atoms with Gasteiger partial charge in [0.1, 0.15) is 4.83 Å². The smallest absolute Gasteiger partial charge is 0.320 e. The normalized spacial score (nSPS) is 12.2. The predicted molar refractivity (Wildman–Crippen MR) is 62.2 cm³/mol. The lowest BCUT2D eigenvalue weighted by atomic mass is 10.4. The zero-order chi connectivity index (χ0) is 11.3. The number of hydrogen-bond donors (Lipinski definition) is 0. The summed E-state index contributed by atoms with van der Waals surface area (Å²) in [5, 5.41) is 0.661. The van der Waals surface area contributed by atoms with E-state index in [0.29, 0.717) is 10.9 Å². The van der Waals surface area contributed by atoms with Crippen molar-refractivity contribution in [3.8, 4) is 0 Å². The Labute approximate surface area is 101 Å². The van der Waals surface area contributed by atoms with Gasteiger partial charge in [-0.15, -0.1) is 0 Å². The molecule has 0 aliphatic carbocycles. The summed E-state index contributed by atoms with van der Waals surface area (Å²) in [7, 11) is 1.36. The van der Waals surface area contributed by atoms with E-state index >= 15 is 0 Å². The zero-order valence-corrected chi connectivity index (χ0v) is 10.8. The number of halogens is 1. The van der Waals surface area contributed by atoms with Gasteiger partial charge < -0.3 is 4.74 Å². The summed E-state index contributed by atoms with van der Waals surface area (Å²) in [6, 6.07) is 0. The van der Waals surface area contributed by atoms with Crippen LogP contribution in [0.5, 0.6) is 0 Å². The highest BCUT2D eigenvalue weighted by Crippen LogP contribution is 2.17. The summed E-state index contributed by atoms with van der Waals surface area (Å²) >= 11 is 4.64. The van der Waals surface area contributed by atoms with Gasteiger partial charge in [0.25, 0.3) is 0 Å². The minimum absolute atomic E-state index is 0.283. The fourth-order valence-electron chi connectivity index (χ4n) is 0.799. The number of aryl methyl sites for hydroxylation is 1. The Morgan fingerprint density at radius 1 is 1.60 bits per heavy atom. The van der Waals surface area contributed by atoms with E-state index in [0.717, 1.165) is 5.56 Å². The number of carbonyl (C=O) groups excluding carboxylic acids is 1. The summed E-state index contributed by atoms with van der Waals surface area (Å²) < 4.78 is 4.58. The molecule has 6 heteroatoms. The van der Waals surface area contributed by atoms with Crippen LogP contribution < -0.4 is 0 Å². The van der Waals surface area contributed by atoms with Gasteiger partial charge >= 0.3 is 5.97 Å². The van der Waals surface area contributed by atoms with Gasteiger partial charge in [0.2, 0.25) is 0 Å². The van der Waals surface area contributed by atoms with Gasteiger partial charge in [-0.1, -0.05) is 27.7 Å². The molecule has 0 saturated heterocycles. The van der Waals surface area contributed by atoms with E-state index in [4.69, 9.17) is 0 Å². The van der Waals surface area contributed by atoms with Crippen LogP contribution in [0.1, 0.15) is 5.56 Å². The monoisotopic (exact) mass is 290 g/mol. The summed E-state index contributed by atoms with van der Waals surface area (Å²) in [5.41, 5.74) is 1.02. The average Bonchev–Trinajstić information content (AvgIpc) is 2.26. The lowest BCUT2D eigenvalue weighted by Crippen LogP contribution is -2.17. The Balaban J connectivity index is 2.43. The Morgan fingerprint density at radius 3 is 2.73 bits per heavy atom. The fraction of sp³-hybridized carbons (Fsp3) is 0.444. The second kappa shape index (κ2) is 6.07. The molecule has 1 heterocycles. The molecule has 0 saturated carbocycles. The van der Waals surface area contributed by atoms with Crippen LogP contribution in [0.15, 0.2) is 17.6 Å². The van der Waals surface area contributed by atoms with E-state index in [1.165, 1.54) is 18.9 Å². The standard InChI is InChI=1S/C9H11BrN2O2S/c1-6-3-11-9(12-4-6)15-5-7(10)8(13)14-2/h3-4,7H,5H2,1-2H3. The third-order valence-electron chi connectivity index (χ3n) is 1.57. The molecule has 0 aliphatic rings. The lowest BCUT2D eigenvalue weighted by Gasteiger charge is -2.05. The van der Waals surface area contributed by atoms with Crippen LogP contribution in [-0.4, -0.2) is 33.6 Å². The maximum atomic E-state index is 11.1. The Hall–Kier alpha value is -0.620. The van der Waals surface area contributed by atoms with Crippen LogP contribution in [0, 0.1) is 6.92 Å². The zero-order valence-electron chi connectivity index (χ0n) is 8.44. The molecule has 1 atom stereocenters. The number of aromatic nitrogens is 2. The van der Waals surface area contributed by atoms with Gasteiger partial charge in [-0.2, -0.15) is 0 Å². The molecule has 0 aromatic carbocycles. The summed E-state index contributed by atoms with van der Waals surface area (Å²) in [4.78, 5) is 19.0. The highest BCUT2D eigenvalue weighted by molar-refractivity contribution is 9.10. The number of rotatable bonds is 4. The molecule has 0 radical (unpaired) electrons. The molecule has 1 rings (SSSR count). The van der Waals surface area contributed by atoms with Gasteiger partial charge in [-0.3, -0.25) is 4.79 Å². The molecule has 82 valence electrons. The molecule has 15 heavy (non-hydrogen) atoms. The largest absolute Gasteiger partial charge is 0.468 e. The van der Waals surface area contributed by atoms with E-state index in [1.54, 1.807) is 12.4 Å². The molecule has 4 nitrogen and oxygen atoms in total. The molecule has 0 N–H and O–H groups in total. The van der Waals surface area contributed by atoms with Gasteiger partial charge in [0.15, 0.2) is 5.16 Å². The maximum absolute atomic E-state index is 11.1. The highest BCUT2D eigenvalue weighted by Gasteiger charge is 2.15. The number of carbonyl (C=O) groups is 1. The highest BCUT2D eigenvalue weighted by atomic mass is 79.9. The van der Waals surface area contributed by atoms with E-state index < -0.39 is 0 Å². The molecular weight excluding hydrogens is 280 g/mol. The van der Waals surface area contributed by atoms with Crippen LogP contribution in [0.4, 0.5) is 0 Å². The van der Waals surface area contributed by atoms with Crippen LogP contribution in [0.3, 0.4) is 0 Å². The number of hydrogen-bond acceptors (Lipinski definition) is 5. The van der Waals surface area contributed by atoms with Crippen molar-refractivity contribution in [1.29, 1.82) is 0 Å². The predicted octanol–water partition coefficient (Wildman–Crippen LogP) is 1.81. The van der Waals surface area contributed by atoms with Gasteiger partial charge in [0, 0.05) is 18.1 Å². The molecule has 1 aromatic rings. The second-order valence-electron chi connectivity index (χ2n) is 2.84. The second-order valence-corrected chi connectivity index (χ2v) is 4.94. The van der Waals surface area contributed by atoms with E-state index in [-0.39, 0.29) is 10.8 Å². The number of esters is 1. The quantitative estimate of drug-likeness (QED) is 0.366. The molecular formula is C9H11BrN2O2S. The first-order valence-electron chi connectivity index (χ1n) is 4.27. The van der Waals surface area contributed by atoms with Crippen molar-refractivity contribution in [2.75, 3.05) is 12.9 Å². The molecule has 0 spiro atoms. The van der Waals surface area contributed by atoms with Gasteiger partial charge in [-0.05, 0) is 12.5 Å². The van der Waals surface area contributed by atoms with Crippen molar-refractivity contribution in [2.45, 2.75) is 16.9 Å². The topological polar surface area (TPSA) is 52.1 Å². The number of nitrogens with zero attached hydrogens (tertiary/aromatic N) is 2. The molecule has 1 aromatic heterocycles. The van der Waals surface area contributed by atoms with Crippen LogP contribution >= 0.6 is 27.7 Å². The van der Waals surface area contributed by atoms with E-state index in [9.17, 15) is 4.79 Å². The van der Waals surface area contributed by atoms with Crippen molar-refractivity contribution in [3.05, 3.63) is 18.0 Å². The minimum Gasteiger partial charge on any atom is -0.468 e. The first-order chi connectivity index (χ1) is 7.13. The Bertz CT molecular complexity index is 331. The molecule has 0 fully saturated rings. The summed E-state index contributed by atoms with van der Waals surface area (Å²) in [6.07, 6.45) is 3.49. The SMILES string of the molecule is COC(=O)C(Br)CSc1ncc(C)cn1. The van der Waals surface area contributed by atoms with Gasteiger partial charge in [-0.25, -0.2) is 9.97 Å². The molecule has 0 bridgehead atoms. The summed E-state index contributed by atoms with van der Waals surface area (Å²) in [6.45, 7) is 1.93. The van der Waals surface area contributed by atoms with E-state index in [2.05, 4.69) is 30.6 Å². The van der Waals surface area contributed by atoms with Crippen LogP contribution in [-0.2, 0) is 9.53 Å². The average molecular weight is 291 g/mol. The van der Waals surface area contributed by atoms with Crippen molar-refractivity contribution < 1.29 is 9.53 Å². The minimum atomic E-state index is -0.322. The lowest BCUT2D eigenvalue weighted by molar-refractivity contribution is -0.139.